The second-order valence-electron chi connectivity index (χ2n) is 4.34. The van der Waals surface area contributed by atoms with E-state index in [1.54, 1.807) is 0 Å². The molecule has 0 aliphatic rings. The summed E-state index contributed by atoms with van der Waals surface area (Å²) in [4.78, 5) is 11.2. The number of aryl methyl sites for hydroxylation is 1. The van der Waals surface area contributed by atoms with E-state index in [0.717, 1.165) is 6.07 Å². The number of nitrogens with two attached hydrogens (primary N) is 2. The highest BCUT2D eigenvalue weighted by atomic mass is 19.1. The Kier molecular flexibility index (Phi) is 3.56. The van der Waals surface area contributed by atoms with Gasteiger partial charge in [-0.15, -0.1) is 0 Å². The molecule has 0 radical (unpaired) electrons. The zero-order chi connectivity index (χ0) is 14.9. The van der Waals surface area contributed by atoms with E-state index in [0.29, 0.717) is 11.3 Å². The van der Waals surface area contributed by atoms with E-state index in [9.17, 15) is 13.6 Å². The second-order valence-corrected chi connectivity index (χ2v) is 4.34. The number of carbonyl (C=O) groups excluding carboxylic acids is 1. The van der Waals surface area contributed by atoms with Crippen LogP contribution in [0.5, 0.6) is 0 Å². The van der Waals surface area contributed by atoms with Crippen LogP contribution in [0, 0.1) is 18.6 Å². The number of benzene rings is 2. The molecule has 0 heterocycles. The van der Waals surface area contributed by atoms with Crippen LogP contribution in [-0.2, 0) is 0 Å². The second kappa shape index (κ2) is 5.16. The van der Waals surface area contributed by atoms with E-state index in [2.05, 4.69) is 5.32 Å². The van der Waals surface area contributed by atoms with Gasteiger partial charge >= 0.3 is 0 Å². The Bertz CT molecular complexity index is 686. The minimum Gasteiger partial charge on any atom is -0.398 e. The van der Waals surface area contributed by atoms with Crippen LogP contribution >= 0.6 is 0 Å². The molecule has 0 spiro atoms. The first-order valence-electron chi connectivity index (χ1n) is 5.81. The highest BCUT2D eigenvalue weighted by Gasteiger charge is 2.13. The first kappa shape index (κ1) is 13.8. The van der Waals surface area contributed by atoms with Crippen LogP contribution in [0.3, 0.4) is 0 Å². The van der Waals surface area contributed by atoms with Crippen LogP contribution in [-0.4, -0.2) is 5.91 Å². The highest BCUT2D eigenvalue weighted by molar-refractivity contribution is 5.99. The number of rotatable bonds is 3. The molecule has 2 aromatic carbocycles. The molecule has 0 aliphatic carbocycles. The SMILES string of the molecule is Cc1ccc(F)c(Nc2ccc(N)c(C(N)=O)c2)c1F. The average Bonchev–Trinajstić information content (AvgIpc) is 2.40. The maximum absolute atomic E-state index is 13.9. The number of carbonyl (C=O) groups is 1. The molecular formula is C14H13F2N3O. The summed E-state index contributed by atoms with van der Waals surface area (Å²) in [7, 11) is 0. The van der Waals surface area contributed by atoms with Gasteiger partial charge in [-0.05, 0) is 36.8 Å². The predicted molar refractivity (Wildman–Crippen MR) is 73.8 cm³/mol. The summed E-state index contributed by atoms with van der Waals surface area (Å²) in [6, 6.07) is 6.79. The zero-order valence-corrected chi connectivity index (χ0v) is 10.7. The normalized spacial score (nSPS) is 10.3. The molecule has 0 bridgehead atoms. The molecule has 0 saturated heterocycles. The van der Waals surface area contributed by atoms with Gasteiger partial charge in [0.25, 0.3) is 5.91 Å². The van der Waals surface area contributed by atoms with Gasteiger partial charge in [-0.2, -0.15) is 0 Å². The Morgan fingerprint density at radius 1 is 1.20 bits per heavy atom. The van der Waals surface area contributed by atoms with Gasteiger partial charge < -0.3 is 16.8 Å². The fourth-order valence-electron chi connectivity index (χ4n) is 1.76. The molecule has 20 heavy (non-hydrogen) atoms. The van der Waals surface area contributed by atoms with Crippen molar-refractivity contribution in [3.63, 3.8) is 0 Å². The van der Waals surface area contributed by atoms with E-state index < -0.39 is 17.5 Å². The van der Waals surface area contributed by atoms with Gasteiger partial charge in [-0.1, -0.05) is 6.07 Å². The first-order chi connectivity index (χ1) is 9.40. The number of amides is 1. The maximum Gasteiger partial charge on any atom is 0.250 e. The number of primary amides is 1. The Morgan fingerprint density at radius 2 is 1.90 bits per heavy atom. The molecule has 104 valence electrons. The predicted octanol–water partition coefficient (Wildman–Crippen LogP) is 2.70. The summed E-state index contributed by atoms with van der Waals surface area (Å²) in [6.45, 7) is 1.53. The molecule has 1 amide bonds. The number of hydrogen-bond donors (Lipinski definition) is 3. The lowest BCUT2D eigenvalue weighted by atomic mass is 10.1. The third-order valence-electron chi connectivity index (χ3n) is 2.87. The number of nitrogen functional groups attached to an aromatic ring is 1. The monoisotopic (exact) mass is 277 g/mol. The lowest BCUT2D eigenvalue weighted by Crippen LogP contribution is -2.13. The van der Waals surface area contributed by atoms with E-state index in [4.69, 9.17) is 11.5 Å². The van der Waals surface area contributed by atoms with Crippen molar-refractivity contribution in [3.05, 3.63) is 53.1 Å². The van der Waals surface area contributed by atoms with Gasteiger partial charge in [0, 0.05) is 11.4 Å². The van der Waals surface area contributed by atoms with Crippen LogP contribution in [0.4, 0.5) is 25.8 Å². The standard InChI is InChI=1S/C14H13F2N3O/c1-7-2-4-10(15)13(12(7)16)19-8-3-5-11(17)9(6-8)14(18)20/h2-6,19H,17H2,1H3,(H2,18,20). The van der Waals surface area contributed by atoms with Crippen molar-refractivity contribution in [2.45, 2.75) is 6.92 Å². The quantitative estimate of drug-likeness (QED) is 0.754. The van der Waals surface area contributed by atoms with Crippen molar-refractivity contribution in [1.82, 2.24) is 0 Å². The Balaban J connectivity index is 2.43. The largest absolute Gasteiger partial charge is 0.398 e. The lowest BCUT2D eigenvalue weighted by Gasteiger charge is -2.12. The van der Waals surface area contributed by atoms with Crippen LogP contribution in [0.2, 0.25) is 0 Å². The molecule has 0 saturated carbocycles. The van der Waals surface area contributed by atoms with Crippen molar-refractivity contribution in [2.24, 2.45) is 5.73 Å². The van der Waals surface area contributed by atoms with E-state index >= 15 is 0 Å². The molecule has 5 N–H and O–H groups in total. The fraction of sp³-hybridized carbons (Fsp3) is 0.0714. The topological polar surface area (TPSA) is 81.1 Å². The Labute approximate surface area is 114 Å². The summed E-state index contributed by atoms with van der Waals surface area (Å²) < 4.78 is 27.5. The molecule has 0 unspecified atom stereocenters. The van der Waals surface area contributed by atoms with Crippen LogP contribution in [0.15, 0.2) is 30.3 Å². The molecule has 0 aromatic heterocycles. The van der Waals surface area contributed by atoms with Gasteiger partial charge in [0.1, 0.15) is 11.5 Å². The molecule has 6 heteroatoms. The molecule has 4 nitrogen and oxygen atoms in total. The van der Waals surface area contributed by atoms with E-state index in [1.165, 1.54) is 31.2 Å². The van der Waals surface area contributed by atoms with Crippen molar-refractivity contribution >= 4 is 23.0 Å². The van der Waals surface area contributed by atoms with Crippen molar-refractivity contribution in [1.29, 1.82) is 0 Å². The van der Waals surface area contributed by atoms with Crippen molar-refractivity contribution in [3.8, 4) is 0 Å². The number of hydrogen-bond acceptors (Lipinski definition) is 3. The minimum atomic E-state index is -0.731. The Hall–Kier alpha value is -2.63. The summed E-state index contributed by atoms with van der Waals surface area (Å²) in [5.41, 5.74) is 11.4. The summed E-state index contributed by atoms with van der Waals surface area (Å²) >= 11 is 0. The number of nitrogens with one attached hydrogen (secondary N) is 1. The van der Waals surface area contributed by atoms with Crippen LogP contribution < -0.4 is 16.8 Å². The van der Waals surface area contributed by atoms with Gasteiger partial charge in [-0.3, -0.25) is 4.79 Å². The molecular weight excluding hydrogens is 264 g/mol. The average molecular weight is 277 g/mol. The fourth-order valence-corrected chi connectivity index (χ4v) is 1.76. The molecule has 2 aromatic rings. The molecule has 0 fully saturated rings. The molecule has 2 rings (SSSR count). The van der Waals surface area contributed by atoms with Crippen LogP contribution in [0.25, 0.3) is 0 Å². The lowest BCUT2D eigenvalue weighted by molar-refractivity contribution is 0.100. The summed E-state index contributed by atoms with van der Waals surface area (Å²) in [5, 5.41) is 2.59. The van der Waals surface area contributed by atoms with Crippen molar-refractivity contribution < 1.29 is 13.6 Å². The van der Waals surface area contributed by atoms with E-state index in [1.807, 2.05) is 0 Å². The van der Waals surface area contributed by atoms with Crippen molar-refractivity contribution in [2.75, 3.05) is 11.1 Å². The highest BCUT2D eigenvalue weighted by Crippen LogP contribution is 2.27. The number of anilines is 3. The van der Waals surface area contributed by atoms with Gasteiger partial charge in [0.2, 0.25) is 0 Å². The van der Waals surface area contributed by atoms with Gasteiger partial charge in [0.05, 0.1) is 5.56 Å². The summed E-state index contributed by atoms with van der Waals surface area (Å²) in [5.74, 6) is -2.13. The minimum absolute atomic E-state index is 0.0865. The third kappa shape index (κ3) is 2.54. The third-order valence-corrected chi connectivity index (χ3v) is 2.87. The zero-order valence-electron chi connectivity index (χ0n) is 10.7. The molecule has 0 atom stereocenters. The maximum atomic E-state index is 13.9. The van der Waals surface area contributed by atoms with E-state index in [-0.39, 0.29) is 16.9 Å². The molecule has 0 aliphatic heterocycles. The van der Waals surface area contributed by atoms with Gasteiger partial charge in [-0.25, -0.2) is 8.78 Å². The smallest absolute Gasteiger partial charge is 0.250 e. The van der Waals surface area contributed by atoms with Gasteiger partial charge in [0.15, 0.2) is 5.82 Å². The number of halogens is 2. The first-order valence-corrected chi connectivity index (χ1v) is 5.81. The Morgan fingerprint density at radius 3 is 2.55 bits per heavy atom. The summed E-state index contributed by atoms with van der Waals surface area (Å²) in [6.07, 6.45) is 0. The van der Waals surface area contributed by atoms with Crippen LogP contribution in [0.1, 0.15) is 15.9 Å².